The lowest BCUT2D eigenvalue weighted by Gasteiger charge is -2.37. The minimum atomic E-state index is -1.07. The molecule has 164 valence electrons. The average Bonchev–Trinajstić information content (AvgIpc) is 3.03. The summed E-state index contributed by atoms with van der Waals surface area (Å²) in [5.74, 6) is -3.05. The van der Waals surface area contributed by atoms with Crippen molar-refractivity contribution in [2.75, 3.05) is 36.0 Å². The van der Waals surface area contributed by atoms with E-state index in [1.54, 1.807) is 0 Å². The van der Waals surface area contributed by atoms with Crippen molar-refractivity contribution >= 4 is 35.0 Å². The van der Waals surface area contributed by atoms with Gasteiger partial charge in [0.15, 0.2) is 0 Å². The van der Waals surface area contributed by atoms with Gasteiger partial charge in [-0.1, -0.05) is 18.2 Å². The number of amides is 4. The largest absolute Gasteiger partial charge is 0.368 e. The van der Waals surface area contributed by atoms with Gasteiger partial charge in [-0.15, -0.1) is 0 Å². The smallest absolute Gasteiger partial charge is 0.262 e. The lowest BCUT2D eigenvalue weighted by molar-refractivity contribution is -0.136. The van der Waals surface area contributed by atoms with Crippen LogP contribution in [0.5, 0.6) is 0 Å². The lowest BCUT2D eigenvalue weighted by atomic mass is 10.0. The number of piperidine rings is 1. The van der Waals surface area contributed by atoms with Gasteiger partial charge in [-0.3, -0.25) is 29.4 Å². The normalized spacial score (nSPS) is 21.2. The van der Waals surface area contributed by atoms with Crippen LogP contribution in [0.2, 0.25) is 0 Å². The fraction of sp³-hybridized carbons (Fsp3) is 0.304. The Morgan fingerprint density at radius 2 is 1.47 bits per heavy atom. The summed E-state index contributed by atoms with van der Waals surface area (Å²) in [6.07, 6.45) is 0.0992. The van der Waals surface area contributed by atoms with Crippen molar-refractivity contribution < 1.29 is 23.6 Å². The van der Waals surface area contributed by atoms with Crippen molar-refractivity contribution in [1.82, 2.24) is 10.2 Å². The Morgan fingerprint density at radius 1 is 0.844 bits per heavy atom. The summed E-state index contributed by atoms with van der Waals surface area (Å²) >= 11 is 0. The first-order chi connectivity index (χ1) is 15.4. The molecular formula is C23H21FN4O4. The van der Waals surface area contributed by atoms with Crippen LogP contribution in [0.25, 0.3) is 0 Å². The number of carbonyl (C=O) groups excluding carboxylic acids is 4. The van der Waals surface area contributed by atoms with Crippen LogP contribution in [-0.2, 0) is 9.59 Å². The molecule has 1 unspecified atom stereocenters. The first kappa shape index (κ1) is 20.2. The molecule has 4 amide bonds. The highest BCUT2D eigenvalue weighted by Crippen LogP contribution is 2.33. The Labute approximate surface area is 183 Å². The number of hydrogen-bond acceptors (Lipinski definition) is 6. The topological polar surface area (TPSA) is 90.0 Å². The van der Waals surface area contributed by atoms with Gasteiger partial charge in [0.2, 0.25) is 11.8 Å². The second-order valence-electron chi connectivity index (χ2n) is 8.11. The van der Waals surface area contributed by atoms with E-state index in [9.17, 15) is 23.6 Å². The van der Waals surface area contributed by atoms with E-state index in [-0.39, 0.29) is 29.7 Å². The Hall–Kier alpha value is -3.75. The van der Waals surface area contributed by atoms with Gasteiger partial charge in [0.05, 0.1) is 16.8 Å². The lowest BCUT2D eigenvalue weighted by Crippen LogP contribution is -2.54. The molecule has 0 spiro atoms. The van der Waals surface area contributed by atoms with Crippen molar-refractivity contribution in [3.05, 3.63) is 59.4 Å². The summed E-state index contributed by atoms with van der Waals surface area (Å²) < 4.78 is 15.0. The van der Waals surface area contributed by atoms with E-state index in [1.807, 2.05) is 35.2 Å². The number of anilines is 2. The summed E-state index contributed by atoms with van der Waals surface area (Å²) in [6.45, 7) is 2.50. The quantitative estimate of drug-likeness (QED) is 0.735. The van der Waals surface area contributed by atoms with Crippen molar-refractivity contribution in [1.29, 1.82) is 0 Å². The highest BCUT2D eigenvalue weighted by atomic mass is 19.1. The molecule has 2 aromatic carbocycles. The molecule has 2 saturated heterocycles. The zero-order chi connectivity index (χ0) is 22.4. The number of carbonyl (C=O) groups is 4. The van der Waals surface area contributed by atoms with Crippen LogP contribution in [-0.4, -0.2) is 60.7 Å². The molecule has 2 fully saturated rings. The van der Waals surface area contributed by atoms with E-state index in [4.69, 9.17) is 0 Å². The highest BCUT2D eigenvalue weighted by molar-refractivity contribution is 6.23. The standard InChI is InChI=1S/C23H21FN4O4/c24-17-12-15-16(23(32)28(22(15)31)18-6-7-20(29)25-21(18)30)13-19(17)27-10-8-26(9-11-27)14-4-2-1-3-5-14/h1-5,12-13,18H,6-11H2,(H,25,29,30). The number of piperazine rings is 1. The second-order valence-corrected chi connectivity index (χ2v) is 8.11. The third kappa shape index (κ3) is 3.30. The van der Waals surface area contributed by atoms with Gasteiger partial charge in [-0.05, 0) is 30.7 Å². The molecule has 3 aliphatic rings. The van der Waals surface area contributed by atoms with Gasteiger partial charge in [-0.2, -0.15) is 0 Å². The van der Waals surface area contributed by atoms with Crippen molar-refractivity contribution in [2.45, 2.75) is 18.9 Å². The monoisotopic (exact) mass is 436 g/mol. The molecule has 0 aromatic heterocycles. The number of nitrogens with zero attached hydrogens (tertiary/aromatic N) is 3. The molecule has 3 aliphatic heterocycles. The Balaban J connectivity index is 1.37. The Bertz CT molecular complexity index is 1130. The minimum absolute atomic E-state index is 0.0368. The number of rotatable bonds is 3. The predicted octanol–water partition coefficient (Wildman–Crippen LogP) is 1.55. The summed E-state index contributed by atoms with van der Waals surface area (Å²) in [7, 11) is 0. The van der Waals surface area contributed by atoms with E-state index in [2.05, 4.69) is 10.2 Å². The zero-order valence-corrected chi connectivity index (χ0v) is 17.2. The van der Waals surface area contributed by atoms with E-state index < -0.39 is 35.5 Å². The van der Waals surface area contributed by atoms with Crippen LogP contribution in [0, 0.1) is 5.82 Å². The number of para-hydroxylation sites is 1. The van der Waals surface area contributed by atoms with Gasteiger partial charge in [-0.25, -0.2) is 4.39 Å². The van der Waals surface area contributed by atoms with E-state index >= 15 is 0 Å². The van der Waals surface area contributed by atoms with Crippen LogP contribution in [0.15, 0.2) is 42.5 Å². The van der Waals surface area contributed by atoms with Crippen LogP contribution in [0.4, 0.5) is 15.8 Å². The molecule has 0 bridgehead atoms. The van der Waals surface area contributed by atoms with Gasteiger partial charge >= 0.3 is 0 Å². The third-order valence-corrected chi connectivity index (χ3v) is 6.25. The summed E-state index contributed by atoms with van der Waals surface area (Å²) in [5.41, 5.74) is 1.40. The molecular weight excluding hydrogens is 415 g/mol. The Kier molecular flexibility index (Phi) is 4.88. The summed E-state index contributed by atoms with van der Waals surface area (Å²) in [4.78, 5) is 54.4. The fourth-order valence-corrected chi connectivity index (χ4v) is 4.57. The molecule has 0 aliphatic carbocycles. The van der Waals surface area contributed by atoms with Gasteiger partial charge < -0.3 is 9.80 Å². The maximum Gasteiger partial charge on any atom is 0.262 e. The molecule has 9 heteroatoms. The minimum Gasteiger partial charge on any atom is -0.368 e. The SMILES string of the molecule is O=C1CCC(N2C(=O)c3cc(F)c(N4CCN(c5ccccc5)CC4)cc3C2=O)C(=O)N1. The summed E-state index contributed by atoms with van der Waals surface area (Å²) in [6, 6.07) is 11.4. The number of imide groups is 2. The average molecular weight is 436 g/mol. The van der Waals surface area contributed by atoms with Crippen LogP contribution in [0.3, 0.4) is 0 Å². The first-order valence-corrected chi connectivity index (χ1v) is 10.5. The Morgan fingerprint density at radius 3 is 2.12 bits per heavy atom. The van der Waals surface area contributed by atoms with E-state index in [0.717, 1.165) is 16.7 Å². The predicted molar refractivity (Wildman–Crippen MR) is 114 cm³/mol. The number of hydrogen-bond donors (Lipinski definition) is 1. The fourth-order valence-electron chi connectivity index (χ4n) is 4.57. The molecule has 8 nitrogen and oxygen atoms in total. The first-order valence-electron chi connectivity index (χ1n) is 10.5. The van der Waals surface area contributed by atoms with E-state index in [1.165, 1.54) is 6.07 Å². The maximum absolute atomic E-state index is 15.0. The summed E-state index contributed by atoms with van der Waals surface area (Å²) in [5, 5.41) is 2.16. The van der Waals surface area contributed by atoms with Gasteiger partial charge in [0, 0.05) is 38.3 Å². The van der Waals surface area contributed by atoms with Crippen LogP contribution >= 0.6 is 0 Å². The molecule has 5 rings (SSSR count). The molecule has 1 atom stereocenters. The second kappa shape index (κ2) is 7.74. The van der Waals surface area contributed by atoms with Gasteiger partial charge in [0.1, 0.15) is 11.9 Å². The van der Waals surface area contributed by atoms with Crippen molar-refractivity contribution in [3.8, 4) is 0 Å². The molecule has 32 heavy (non-hydrogen) atoms. The zero-order valence-electron chi connectivity index (χ0n) is 17.2. The number of nitrogens with one attached hydrogen (secondary N) is 1. The molecule has 0 saturated carbocycles. The molecule has 2 aromatic rings. The van der Waals surface area contributed by atoms with Crippen molar-refractivity contribution in [2.24, 2.45) is 0 Å². The maximum atomic E-state index is 15.0. The number of benzene rings is 2. The van der Waals surface area contributed by atoms with E-state index in [0.29, 0.717) is 26.2 Å². The molecule has 1 N–H and O–H groups in total. The van der Waals surface area contributed by atoms with Gasteiger partial charge in [0.25, 0.3) is 11.8 Å². The van der Waals surface area contributed by atoms with Crippen molar-refractivity contribution in [3.63, 3.8) is 0 Å². The highest BCUT2D eigenvalue weighted by Gasteiger charge is 2.45. The molecule has 0 radical (unpaired) electrons. The third-order valence-electron chi connectivity index (χ3n) is 6.25. The number of halogens is 1. The van der Waals surface area contributed by atoms with Crippen LogP contribution in [0.1, 0.15) is 33.6 Å². The molecule has 3 heterocycles. The van der Waals surface area contributed by atoms with Crippen LogP contribution < -0.4 is 15.1 Å². The number of fused-ring (bicyclic) bond motifs is 1.